The normalized spacial score (nSPS) is 18.6. The summed E-state index contributed by atoms with van der Waals surface area (Å²) >= 11 is 0. The van der Waals surface area contributed by atoms with Gasteiger partial charge in [-0.1, -0.05) is 0 Å². The van der Waals surface area contributed by atoms with E-state index < -0.39 is 10.0 Å². The van der Waals surface area contributed by atoms with Crippen molar-refractivity contribution >= 4 is 15.9 Å². The Morgan fingerprint density at radius 1 is 1.31 bits per heavy atom. The molecule has 0 atom stereocenters. The van der Waals surface area contributed by atoms with Crippen molar-refractivity contribution < 1.29 is 22.0 Å². The average molecular weight is 378 g/mol. The summed E-state index contributed by atoms with van der Waals surface area (Å²) in [6, 6.07) is 3.66. The van der Waals surface area contributed by atoms with Crippen LogP contribution in [0.15, 0.2) is 19.8 Å². The first kappa shape index (κ1) is 17.1. The van der Waals surface area contributed by atoms with E-state index in [1.54, 1.807) is 6.92 Å². The number of aryl methyl sites for hydroxylation is 1. The van der Waals surface area contributed by atoms with Crippen LogP contribution >= 0.6 is 0 Å². The topological polar surface area (TPSA) is 122 Å². The van der Waals surface area contributed by atoms with Gasteiger partial charge in [0.05, 0.1) is 13.2 Å². The summed E-state index contributed by atoms with van der Waals surface area (Å²) in [5.74, 6) is 0.794. The molecule has 1 aliphatic heterocycles. The molecule has 9 nitrogen and oxygen atoms in total. The molecule has 0 spiro atoms. The highest BCUT2D eigenvalue weighted by molar-refractivity contribution is 7.89. The Balaban J connectivity index is 1.66. The minimum Gasteiger partial charge on any atom is -0.455 e. The lowest BCUT2D eigenvalue weighted by Crippen LogP contribution is -2.40. The summed E-state index contributed by atoms with van der Waals surface area (Å²) in [5, 5.41) is 12.3. The molecular weight excluding hydrogens is 360 g/mol. The molecule has 10 heteroatoms. The Hall–Kier alpha value is -2.35. The predicted molar refractivity (Wildman–Crippen MR) is 89.9 cm³/mol. The van der Waals surface area contributed by atoms with Gasteiger partial charge in [0.25, 0.3) is 5.89 Å². The lowest BCUT2D eigenvalue weighted by Gasteiger charge is -2.25. The highest BCUT2D eigenvalue weighted by atomic mass is 32.2. The standard InChI is InChI=1S/C16H18N4O5S/c1-10-14(26(21,22)20-4-6-23-7-5-20)8-13(24-10)16-19-12(9-17)15(25-16)18-11-2-3-11/h8,11,18H,2-7H2,1H3. The molecule has 3 heterocycles. The quantitative estimate of drug-likeness (QED) is 0.834. The number of nitriles is 1. The fraction of sp³-hybridized carbons (Fsp3) is 0.500. The van der Waals surface area contributed by atoms with Gasteiger partial charge >= 0.3 is 0 Å². The van der Waals surface area contributed by atoms with Crippen molar-refractivity contribution in [2.45, 2.75) is 30.7 Å². The maximum Gasteiger partial charge on any atom is 0.266 e. The van der Waals surface area contributed by atoms with Crippen LogP contribution in [0.1, 0.15) is 24.3 Å². The average Bonchev–Trinajstić information content (AvgIpc) is 3.22. The molecule has 2 fully saturated rings. The zero-order valence-electron chi connectivity index (χ0n) is 14.2. The summed E-state index contributed by atoms with van der Waals surface area (Å²) < 4.78 is 43.4. The van der Waals surface area contributed by atoms with E-state index in [9.17, 15) is 13.7 Å². The largest absolute Gasteiger partial charge is 0.455 e. The number of sulfonamides is 1. The van der Waals surface area contributed by atoms with Gasteiger partial charge in [-0.25, -0.2) is 8.42 Å². The number of rotatable bonds is 5. The number of anilines is 1. The fourth-order valence-corrected chi connectivity index (χ4v) is 4.33. The molecule has 0 unspecified atom stereocenters. The number of ether oxygens (including phenoxy) is 1. The first-order valence-electron chi connectivity index (χ1n) is 8.35. The predicted octanol–water partition coefficient (Wildman–Crippen LogP) is 1.71. The van der Waals surface area contributed by atoms with E-state index in [2.05, 4.69) is 10.3 Å². The Morgan fingerprint density at radius 2 is 2.04 bits per heavy atom. The van der Waals surface area contributed by atoms with Crippen molar-refractivity contribution in [1.82, 2.24) is 9.29 Å². The molecule has 1 saturated heterocycles. The van der Waals surface area contributed by atoms with Crippen LogP contribution in [0.3, 0.4) is 0 Å². The zero-order chi connectivity index (χ0) is 18.3. The van der Waals surface area contributed by atoms with Gasteiger partial charge in [-0.05, 0) is 19.8 Å². The number of aromatic nitrogens is 1. The van der Waals surface area contributed by atoms with Crippen LogP contribution in [0.4, 0.5) is 5.88 Å². The van der Waals surface area contributed by atoms with Crippen LogP contribution in [-0.4, -0.2) is 50.1 Å². The van der Waals surface area contributed by atoms with Crippen molar-refractivity contribution in [2.75, 3.05) is 31.6 Å². The van der Waals surface area contributed by atoms with Crippen LogP contribution in [0.5, 0.6) is 0 Å². The van der Waals surface area contributed by atoms with Crippen LogP contribution < -0.4 is 5.32 Å². The van der Waals surface area contributed by atoms with E-state index in [1.165, 1.54) is 10.4 Å². The molecule has 0 radical (unpaired) electrons. The van der Waals surface area contributed by atoms with Crippen molar-refractivity contribution in [3.8, 4) is 17.7 Å². The smallest absolute Gasteiger partial charge is 0.266 e. The second kappa shape index (κ2) is 6.42. The summed E-state index contributed by atoms with van der Waals surface area (Å²) in [6.07, 6.45) is 2.03. The summed E-state index contributed by atoms with van der Waals surface area (Å²) in [7, 11) is -3.69. The van der Waals surface area contributed by atoms with Gasteiger partial charge in [0.2, 0.25) is 21.6 Å². The highest BCUT2D eigenvalue weighted by Gasteiger charge is 2.32. The van der Waals surface area contributed by atoms with Gasteiger partial charge in [-0.15, -0.1) is 0 Å². The minimum atomic E-state index is -3.69. The number of oxazole rings is 1. The Morgan fingerprint density at radius 3 is 2.69 bits per heavy atom. The van der Waals surface area contributed by atoms with Crippen molar-refractivity contribution in [2.24, 2.45) is 0 Å². The van der Waals surface area contributed by atoms with E-state index in [4.69, 9.17) is 13.6 Å². The van der Waals surface area contributed by atoms with Crippen LogP contribution in [0, 0.1) is 18.3 Å². The molecular formula is C16H18N4O5S. The monoisotopic (exact) mass is 378 g/mol. The molecule has 1 saturated carbocycles. The van der Waals surface area contributed by atoms with Gasteiger partial charge in [-0.3, -0.25) is 0 Å². The second-order valence-electron chi connectivity index (χ2n) is 6.27. The highest BCUT2D eigenvalue weighted by Crippen LogP contribution is 2.34. The number of nitrogens with one attached hydrogen (secondary N) is 1. The molecule has 1 N–H and O–H groups in total. The van der Waals surface area contributed by atoms with Crippen LogP contribution in [0.2, 0.25) is 0 Å². The van der Waals surface area contributed by atoms with Crippen LogP contribution in [-0.2, 0) is 14.8 Å². The van der Waals surface area contributed by atoms with Crippen molar-refractivity contribution in [3.05, 3.63) is 17.5 Å². The molecule has 0 aromatic carbocycles. The third-order valence-corrected chi connectivity index (χ3v) is 6.32. The molecule has 26 heavy (non-hydrogen) atoms. The molecule has 2 aromatic heterocycles. The van der Waals surface area contributed by atoms with Gasteiger partial charge in [0, 0.05) is 25.2 Å². The van der Waals surface area contributed by atoms with Gasteiger partial charge in [0.15, 0.2) is 5.76 Å². The number of morpholine rings is 1. The molecule has 0 amide bonds. The number of nitrogens with zero attached hydrogens (tertiary/aromatic N) is 3. The van der Waals surface area contributed by atoms with E-state index >= 15 is 0 Å². The lowest BCUT2D eigenvalue weighted by atomic mass is 10.4. The summed E-state index contributed by atoms with van der Waals surface area (Å²) in [5.41, 5.74) is 0.124. The first-order chi connectivity index (χ1) is 12.5. The van der Waals surface area contributed by atoms with Gasteiger partial charge < -0.3 is 18.9 Å². The van der Waals surface area contributed by atoms with E-state index in [1.807, 2.05) is 6.07 Å². The van der Waals surface area contributed by atoms with Gasteiger partial charge in [0.1, 0.15) is 16.7 Å². The van der Waals surface area contributed by atoms with E-state index in [0.717, 1.165) is 12.8 Å². The molecule has 1 aliphatic carbocycles. The lowest BCUT2D eigenvalue weighted by molar-refractivity contribution is 0.0730. The Kier molecular flexibility index (Phi) is 4.22. The van der Waals surface area contributed by atoms with Crippen LogP contribution in [0.25, 0.3) is 11.7 Å². The first-order valence-corrected chi connectivity index (χ1v) is 9.79. The molecule has 2 aromatic rings. The number of hydrogen-bond acceptors (Lipinski definition) is 8. The third-order valence-electron chi connectivity index (χ3n) is 4.32. The Labute approximate surface area is 150 Å². The third kappa shape index (κ3) is 3.09. The summed E-state index contributed by atoms with van der Waals surface area (Å²) in [6.45, 7) is 2.91. The second-order valence-corrected chi connectivity index (χ2v) is 8.18. The zero-order valence-corrected chi connectivity index (χ0v) is 15.0. The maximum atomic E-state index is 12.8. The minimum absolute atomic E-state index is 0.0720. The molecule has 138 valence electrons. The van der Waals surface area contributed by atoms with Gasteiger partial charge in [-0.2, -0.15) is 14.6 Å². The molecule has 2 aliphatic rings. The molecule has 4 rings (SSSR count). The van der Waals surface area contributed by atoms with E-state index in [0.29, 0.717) is 32.3 Å². The maximum absolute atomic E-state index is 12.8. The number of hydrogen-bond donors (Lipinski definition) is 1. The van der Waals surface area contributed by atoms with E-state index in [-0.39, 0.29) is 33.9 Å². The number of furan rings is 1. The Bertz CT molecular complexity index is 961. The van der Waals surface area contributed by atoms with Crippen molar-refractivity contribution in [3.63, 3.8) is 0 Å². The summed E-state index contributed by atoms with van der Waals surface area (Å²) in [4.78, 5) is 4.19. The van der Waals surface area contributed by atoms with Crippen molar-refractivity contribution in [1.29, 1.82) is 5.26 Å². The SMILES string of the molecule is Cc1oc(-c2nc(C#N)c(NC3CC3)o2)cc1S(=O)(=O)N1CCOCC1. The molecule has 0 bridgehead atoms. The fourth-order valence-electron chi connectivity index (χ4n) is 2.77.